The van der Waals surface area contributed by atoms with Gasteiger partial charge in [-0.15, -0.1) is 0 Å². The number of hydrogen-bond donors (Lipinski definition) is 0. The van der Waals surface area contributed by atoms with Gasteiger partial charge in [-0.05, 0) is 32.1 Å². The maximum Gasteiger partial charge on any atom is 0.224 e. The Morgan fingerprint density at radius 3 is 2.78 bits per heavy atom. The van der Waals surface area contributed by atoms with Gasteiger partial charge in [0.15, 0.2) is 0 Å². The Hall–Kier alpha value is -1.85. The molecule has 3 heterocycles. The molecule has 23 heavy (non-hydrogen) atoms. The zero-order valence-electron chi connectivity index (χ0n) is 13.9. The van der Waals surface area contributed by atoms with Crippen LogP contribution in [-0.2, 0) is 9.59 Å². The lowest BCUT2D eigenvalue weighted by Crippen LogP contribution is -2.47. The number of rotatable bonds is 3. The summed E-state index contributed by atoms with van der Waals surface area (Å²) in [6.45, 7) is 3.99. The van der Waals surface area contributed by atoms with E-state index in [0.717, 1.165) is 51.7 Å². The topological polar surface area (TPSA) is 58.4 Å². The van der Waals surface area contributed by atoms with E-state index in [0.29, 0.717) is 12.5 Å². The molecule has 0 spiro atoms. The Morgan fingerprint density at radius 2 is 2.04 bits per heavy atom. The van der Waals surface area contributed by atoms with Crippen LogP contribution < -0.4 is 0 Å². The summed E-state index contributed by atoms with van der Waals surface area (Å²) in [5.41, 5.74) is 0. The molecule has 6 heteroatoms. The minimum absolute atomic E-state index is 0.0855. The van der Waals surface area contributed by atoms with Gasteiger partial charge in [-0.3, -0.25) is 9.59 Å². The van der Waals surface area contributed by atoms with E-state index >= 15 is 0 Å². The SMILES string of the molecule is CC(=O)N1CCCC[C@H]1CC(=O)N1CCC[C@H](n2ccnc2)C1. The highest BCUT2D eigenvalue weighted by molar-refractivity contribution is 5.79. The van der Waals surface area contributed by atoms with Crippen LogP contribution in [0.2, 0.25) is 0 Å². The molecule has 6 nitrogen and oxygen atoms in total. The van der Waals surface area contributed by atoms with Gasteiger partial charge < -0.3 is 14.4 Å². The number of amides is 2. The summed E-state index contributed by atoms with van der Waals surface area (Å²) in [6, 6.07) is 0.410. The molecule has 0 aromatic carbocycles. The Morgan fingerprint density at radius 1 is 1.17 bits per heavy atom. The number of nitrogens with zero attached hydrogens (tertiary/aromatic N) is 4. The zero-order valence-corrected chi connectivity index (χ0v) is 13.9. The Labute approximate surface area is 137 Å². The van der Waals surface area contributed by atoms with E-state index in [9.17, 15) is 9.59 Å². The van der Waals surface area contributed by atoms with Crippen LogP contribution in [0.25, 0.3) is 0 Å². The number of piperidine rings is 2. The first kappa shape index (κ1) is 16.0. The third-order valence-electron chi connectivity index (χ3n) is 5.14. The molecule has 3 rings (SSSR count). The van der Waals surface area contributed by atoms with Gasteiger partial charge in [0.05, 0.1) is 12.4 Å². The molecule has 0 N–H and O–H groups in total. The van der Waals surface area contributed by atoms with Crippen molar-refractivity contribution in [2.24, 2.45) is 0 Å². The van der Waals surface area contributed by atoms with Gasteiger partial charge in [-0.25, -0.2) is 4.98 Å². The van der Waals surface area contributed by atoms with Gasteiger partial charge in [-0.1, -0.05) is 0 Å². The summed E-state index contributed by atoms with van der Waals surface area (Å²) in [7, 11) is 0. The van der Waals surface area contributed by atoms with Gasteiger partial charge in [0.1, 0.15) is 0 Å². The van der Waals surface area contributed by atoms with Crippen LogP contribution in [-0.4, -0.2) is 56.8 Å². The highest BCUT2D eigenvalue weighted by Crippen LogP contribution is 2.24. The molecule has 2 amide bonds. The van der Waals surface area contributed by atoms with Crippen molar-refractivity contribution < 1.29 is 9.59 Å². The summed E-state index contributed by atoms with van der Waals surface area (Å²) in [4.78, 5) is 32.4. The lowest BCUT2D eigenvalue weighted by Gasteiger charge is -2.38. The number of imidazole rings is 1. The molecule has 0 unspecified atom stereocenters. The fourth-order valence-corrected chi connectivity index (χ4v) is 3.87. The molecule has 1 aromatic rings. The van der Waals surface area contributed by atoms with Gasteiger partial charge in [0, 0.05) is 51.4 Å². The first-order valence-electron chi connectivity index (χ1n) is 8.67. The van der Waals surface area contributed by atoms with Crippen molar-refractivity contribution in [2.45, 2.75) is 57.5 Å². The summed E-state index contributed by atoms with van der Waals surface area (Å²) >= 11 is 0. The van der Waals surface area contributed by atoms with Crippen LogP contribution >= 0.6 is 0 Å². The average Bonchev–Trinajstić information content (AvgIpc) is 3.10. The molecule has 0 aliphatic carbocycles. The first-order chi connectivity index (χ1) is 11.1. The number of hydrogen-bond acceptors (Lipinski definition) is 3. The summed E-state index contributed by atoms with van der Waals surface area (Å²) < 4.78 is 2.10. The van der Waals surface area contributed by atoms with Crippen molar-refractivity contribution in [1.82, 2.24) is 19.4 Å². The molecule has 2 aliphatic rings. The molecular formula is C17H26N4O2. The van der Waals surface area contributed by atoms with E-state index < -0.39 is 0 Å². The molecule has 0 saturated carbocycles. The van der Waals surface area contributed by atoms with Crippen molar-refractivity contribution >= 4 is 11.8 Å². The third kappa shape index (κ3) is 3.74. The van der Waals surface area contributed by atoms with E-state index in [1.165, 1.54) is 0 Å². The van der Waals surface area contributed by atoms with Crippen LogP contribution in [0, 0.1) is 0 Å². The van der Waals surface area contributed by atoms with Crippen molar-refractivity contribution in [3.63, 3.8) is 0 Å². The minimum atomic E-state index is 0.0855. The Balaban J connectivity index is 1.60. The predicted molar refractivity (Wildman–Crippen MR) is 86.7 cm³/mol. The zero-order chi connectivity index (χ0) is 16.2. The van der Waals surface area contributed by atoms with E-state index in [1.54, 1.807) is 13.1 Å². The Kier molecular flexibility index (Phi) is 4.98. The molecular weight excluding hydrogens is 292 g/mol. The number of aromatic nitrogens is 2. The molecule has 0 bridgehead atoms. The van der Waals surface area contributed by atoms with E-state index in [2.05, 4.69) is 9.55 Å². The third-order valence-corrected chi connectivity index (χ3v) is 5.14. The molecule has 2 fully saturated rings. The van der Waals surface area contributed by atoms with E-state index in [4.69, 9.17) is 0 Å². The maximum atomic E-state index is 12.7. The second-order valence-electron chi connectivity index (χ2n) is 6.71. The van der Waals surface area contributed by atoms with Gasteiger partial charge in [-0.2, -0.15) is 0 Å². The highest BCUT2D eigenvalue weighted by Gasteiger charge is 2.30. The van der Waals surface area contributed by atoms with Crippen LogP contribution in [0.5, 0.6) is 0 Å². The quantitative estimate of drug-likeness (QED) is 0.854. The largest absolute Gasteiger partial charge is 0.341 e. The van der Waals surface area contributed by atoms with Crippen LogP contribution in [0.15, 0.2) is 18.7 Å². The molecule has 2 aliphatic heterocycles. The molecule has 1 aromatic heterocycles. The summed E-state index contributed by atoms with van der Waals surface area (Å²) in [5.74, 6) is 0.283. The molecule has 2 saturated heterocycles. The highest BCUT2D eigenvalue weighted by atomic mass is 16.2. The summed E-state index contributed by atoms with van der Waals surface area (Å²) in [6.07, 6.45) is 11.3. The van der Waals surface area contributed by atoms with Gasteiger partial charge >= 0.3 is 0 Å². The molecule has 2 atom stereocenters. The average molecular weight is 318 g/mol. The number of carbonyl (C=O) groups excluding carboxylic acids is 2. The Bertz CT molecular complexity index is 543. The standard InChI is InChI=1S/C17H26N4O2/c1-14(22)21-9-3-2-5-15(21)11-17(23)19-8-4-6-16(12-19)20-10-7-18-13-20/h7,10,13,15-16H,2-6,8-9,11-12H2,1H3/t15-,16-/m0/s1. The molecule has 126 valence electrons. The predicted octanol–water partition coefficient (Wildman–Crippen LogP) is 1.84. The fraction of sp³-hybridized carbons (Fsp3) is 0.706. The van der Waals surface area contributed by atoms with E-state index in [1.807, 2.05) is 22.3 Å². The second-order valence-corrected chi connectivity index (χ2v) is 6.71. The van der Waals surface area contributed by atoms with Crippen molar-refractivity contribution in [2.75, 3.05) is 19.6 Å². The van der Waals surface area contributed by atoms with Crippen molar-refractivity contribution in [3.8, 4) is 0 Å². The smallest absolute Gasteiger partial charge is 0.224 e. The van der Waals surface area contributed by atoms with Crippen molar-refractivity contribution in [3.05, 3.63) is 18.7 Å². The number of carbonyl (C=O) groups is 2. The first-order valence-corrected chi connectivity index (χ1v) is 8.67. The van der Waals surface area contributed by atoms with E-state index in [-0.39, 0.29) is 17.9 Å². The fourth-order valence-electron chi connectivity index (χ4n) is 3.87. The lowest BCUT2D eigenvalue weighted by atomic mass is 9.97. The van der Waals surface area contributed by atoms with Gasteiger partial charge in [0.2, 0.25) is 11.8 Å². The normalized spacial score (nSPS) is 25.4. The van der Waals surface area contributed by atoms with Crippen LogP contribution in [0.4, 0.5) is 0 Å². The number of likely N-dealkylation sites (tertiary alicyclic amines) is 2. The monoisotopic (exact) mass is 318 g/mol. The van der Waals surface area contributed by atoms with Crippen LogP contribution in [0.1, 0.15) is 51.5 Å². The lowest BCUT2D eigenvalue weighted by molar-refractivity contribution is -0.138. The van der Waals surface area contributed by atoms with Crippen LogP contribution in [0.3, 0.4) is 0 Å². The molecule has 0 radical (unpaired) electrons. The van der Waals surface area contributed by atoms with Gasteiger partial charge in [0.25, 0.3) is 0 Å². The maximum absolute atomic E-state index is 12.7. The summed E-state index contributed by atoms with van der Waals surface area (Å²) in [5, 5.41) is 0. The minimum Gasteiger partial charge on any atom is -0.341 e. The second kappa shape index (κ2) is 7.15. The van der Waals surface area contributed by atoms with Crippen molar-refractivity contribution in [1.29, 1.82) is 0 Å².